The summed E-state index contributed by atoms with van der Waals surface area (Å²) in [5.41, 5.74) is 0.353. The first-order chi connectivity index (χ1) is 8.06. The van der Waals surface area contributed by atoms with Crippen molar-refractivity contribution >= 4 is 27.4 Å². The van der Waals surface area contributed by atoms with Gasteiger partial charge in [-0.25, -0.2) is 9.37 Å². The molecule has 1 aromatic carbocycles. The molecular formula is C11H9BrFN3O. The molecule has 0 saturated heterocycles. The predicted octanol–water partition coefficient (Wildman–Crippen LogP) is 2.43. The van der Waals surface area contributed by atoms with Crippen LogP contribution in [0, 0.1) is 5.82 Å². The summed E-state index contributed by atoms with van der Waals surface area (Å²) in [4.78, 5) is 15.8. The summed E-state index contributed by atoms with van der Waals surface area (Å²) >= 11 is 3.20. The Kier molecular flexibility index (Phi) is 3.23. The largest absolute Gasteiger partial charge is 0.336 e. The number of benzene rings is 1. The third-order valence-electron chi connectivity index (χ3n) is 2.15. The predicted molar refractivity (Wildman–Crippen MR) is 66.9 cm³/mol. The van der Waals surface area contributed by atoms with E-state index in [0.717, 1.165) is 0 Å². The van der Waals surface area contributed by atoms with Crippen LogP contribution in [-0.4, -0.2) is 9.55 Å². The minimum absolute atomic E-state index is 0.188. The molecule has 0 aliphatic rings. The van der Waals surface area contributed by atoms with E-state index in [1.807, 2.05) is 0 Å². The normalized spacial score (nSPS) is 10.3. The molecule has 1 N–H and O–H groups in total. The lowest BCUT2D eigenvalue weighted by Crippen LogP contribution is -2.20. The quantitative estimate of drug-likeness (QED) is 0.926. The van der Waals surface area contributed by atoms with Gasteiger partial charge in [0.15, 0.2) is 5.82 Å². The number of rotatable bonds is 2. The number of hydrogen-bond donors (Lipinski definition) is 1. The number of hydrogen-bond acceptors (Lipinski definition) is 3. The lowest BCUT2D eigenvalue weighted by molar-refractivity contribution is 0.628. The zero-order valence-corrected chi connectivity index (χ0v) is 10.5. The van der Waals surface area contributed by atoms with Crippen LogP contribution in [-0.2, 0) is 7.05 Å². The van der Waals surface area contributed by atoms with Gasteiger partial charge in [0.2, 0.25) is 0 Å². The Morgan fingerprint density at radius 1 is 1.35 bits per heavy atom. The zero-order valence-electron chi connectivity index (χ0n) is 8.95. The second-order valence-corrected chi connectivity index (χ2v) is 4.27. The Morgan fingerprint density at radius 3 is 2.65 bits per heavy atom. The number of nitrogens with zero attached hydrogens (tertiary/aromatic N) is 2. The summed E-state index contributed by atoms with van der Waals surface area (Å²) in [6.07, 6.45) is 1.57. The molecule has 1 heterocycles. The highest BCUT2D eigenvalue weighted by Gasteiger charge is 2.05. The van der Waals surface area contributed by atoms with E-state index in [-0.39, 0.29) is 17.2 Å². The molecule has 0 aliphatic heterocycles. The van der Waals surface area contributed by atoms with Crippen molar-refractivity contribution in [2.24, 2.45) is 7.05 Å². The van der Waals surface area contributed by atoms with Crippen molar-refractivity contribution in [2.75, 3.05) is 5.32 Å². The fourth-order valence-electron chi connectivity index (χ4n) is 1.32. The monoisotopic (exact) mass is 297 g/mol. The zero-order chi connectivity index (χ0) is 12.4. The van der Waals surface area contributed by atoms with Gasteiger partial charge in [-0.05, 0) is 40.2 Å². The van der Waals surface area contributed by atoms with E-state index >= 15 is 0 Å². The van der Waals surface area contributed by atoms with Gasteiger partial charge in [0.05, 0.1) is 0 Å². The van der Waals surface area contributed by atoms with Crippen LogP contribution in [0.4, 0.5) is 15.9 Å². The molecule has 0 spiro atoms. The van der Waals surface area contributed by atoms with E-state index in [0.29, 0.717) is 10.3 Å². The van der Waals surface area contributed by atoms with Gasteiger partial charge in [-0.15, -0.1) is 0 Å². The Morgan fingerprint density at radius 2 is 2.00 bits per heavy atom. The van der Waals surface area contributed by atoms with Crippen LogP contribution in [0.1, 0.15) is 0 Å². The lowest BCUT2D eigenvalue weighted by atomic mass is 10.3. The van der Waals surface area contributed by atoms with Gasteiger partial charge in [-0.3, -0.25) is 4.79 Å². The van der Waals surface area contributed by atoms with Gasteiger partial charge in [-0.2, -0.15) is 0 Å². The highest BCUT2D eigenvalue weighted by molar-refractivity contribution is 9.10. The topological polar surface area (TPSA) is 46.9 Å². The average molecular weight is 298 g/mol. The molecule has 4 nitrogen and oxygen atoms in total. The molecule has 0 radical (unpaired) electrons. The lowest BCUT2D eigenvalue weighted by Gasteiger charge is -2.06. The first kappa shape index (κ1) is 11.8. The average Bonchev–Trinajstić information content (AvgIpc) is 2.28. The number of nitrogens with one attached hydrogen (secondary N) is 1. The van der Waals surface area contributed by atoms with Crippen molar-refractivity contribution in [3.05, 3.63) is 51.2 Å². The van der Waals surface area contributed by atoms with Gasteiger partial charge in [0, 0.05) is 18.9 Å². The summed E-state index contributed by atoms with van der Waals surface area (Å²) in [5, 5.41) is 2.84. The number of anilines is 2. The SMILES string of the molecule is Cn1cc(Br)nc(Nc2ccc(F)cc2)c1=O. The third-order valence-corrected chi connectivity index (χ3v) is 2.53. The van der Waals surface area contributed by atoms with Crippen LogP contribution in [0.2, 0.25) is 0 Å². The molecule has 2 rings (SSSR count). The Balaban J connectivity index is 2.36. The van der Waals surface area contributed by atoms with Crippen LogP contribution in [0.5, 0.6) is 0 Å². The Labute approximate surface area is 105 Å². The minimum Gasteiger partial charge on any atom is -0.336 e. The second kappa shape index (κ2) is 4.67. The van der Waals surface area contributed by atoms with Gasteiger partial charge in [0.25, 0.3) is 5.56 Å². The maximum Gasteiger partial charge on any atom is 0.293 e. The van der Waals surface area contributed by atoms with Crippen LogP contribution < -0.4 is 10.9 Å². The summed E-state index contributed by atoms with van der Waals surface area (Å²) in [6, 6.07) is 5.70. The molecule has 2 aromatic rings. The van der Waals surface area contributed by atoms with E-state index in [1.165, 1.54) is 28.8 Å². The van der Waals surface area contributed by atoms with E-state index in [9.17, 15) is 9.18 Å². The molecule has 1 aromatic heterocycles. The highest BCUT2D eigenvalue weighted by Crippen LogP contribution is 2.13. The standard InChI is InChI=1S/C11H9BrFN3O/c1-16-6-9(12)15-10(11(16)17)14-8-4-2-7(13)3-5-8/h2-6H,1H3,(H,14,15). The molecule has 0 fully saturated rings. The van der Waals surface area contributed by atoms with Crippen molar-refractivity contribution in [3.63, 3.8) is 0 Å². The molecule has 17 heavy (non-hydrogen) atoms. The Bertz CT molecular complexity index is 595. The molecule has 6 heteroatoms. The molecule has 0 amide bonds. The van der Waals surface area contributed by atoms with Crippen molar-refractivity contribution in [2.45, 2.75) is 0 Å². The van der Waals surface area contributed by atoms with Crippen molar-refractivity contribution < 1.29 is 4.39 Å². The van der Waals surface area contributed by atoms with Gasteiger partial charge >= 0.3 is 0 Å². The molecule has 88 valence electrons. The summed E-state index contributed by atoms with van der Waals surface area (Å²) in [5.74, 6) is -0.140. The van der Waals surface area contributed by atoms with E-state index in [2.05, 4.69) is 26.2 Å². The molecule has 0 atom stereocenters. The number of aryl methyl sites for hydroxylation is 1. The van der Waals surface area contributed by atoms with E-state index in [1.54, 1.807) is 13.2 Å². The highest BCUT2D eigenvalue weighted by atomic mass is 79.9. The Hall–Kier alpha value is -1.69. The van der Waals surface area contributed by atoms with Crippen LogP contribution in [0.3, 0.4) is 0 Å². The van der Waals surface area contributed by atoms with E-state index in [4.69, 9.17) is 0 Å². The first-order valence-electron chi connectivity index (χ1n) is 4.82. The number of aromatic nitrogens is 2. The first-order valence-corrected chi connectivity index (χ1v) is 5.61. The minimum atomic E-state index is -0.328. The van der Waals surface area contributed by atoms with Gasteiger partial charge in [-0.1, -0.05) is 0 Å². The number of halogens is 2. The maximum atomic E-state index is 12.7. The fraction of sp³-hybridized carbons (Fsp3) is 0.0909. The molecular weight excluding hydrogens is 289 g/mol. The molecule has 0 saturated carbocycles. The van der Waals surface area contributed by atoms with E-state index < -0.39 is 0 Å². The summed E-state index contributed by atoms with van der Waals surface area (Å²) in [7, 11) is 1.63. The van der Waals surface area contributed by atoms with Crippen molar-refractivity contribution in [3.8, 4) is 0 Å². The fourth-order valence-corrected chi connectivity index (χ4v) is 1.80. The second-order valence-electron chi connectivity index (χ2n) is 3.46. The van der Waals surface area contributed by atoms with Crippen molar-refractivity contribution in [1.82, 2.24) is 9.55 Å². The van der Waals surface area contributed by atoms with Crippen molar-refractivity contribution in [1.29, 1.82) is 0 Å². The van der Waals surface area contributed by atoms with Crippen LogP contribution >= 0.6 is 15.9 Å². The summed E-state index contributed by atoms with van der Waals surface area (Å²) < 4.78 is 14.7. The summed E-state index contributed by atoms with van der Waals surface area (Å²) in [6.45, 7) is 0. The molecule has 0 bridgehead atoms. The van der Waals surface area contributed by atoms with Crippen LogP contribution in [0.25, 0.3) is 0 Å². The molecule has 0 aliphatic carbocycles. The van der Waals surface area contributed by atoms with Gasteiger partial charge < -0.3 is 9.88 Å². The van der Waals surface area contributed by atoms with Crippen LogP contribution in [0.15, 0.2) is 39.9 Å². The maximum absolute atomic E-state index is 12.7. The third kappa shape index (κ3) is 2.71. The smallest absolute Gasteiger partial charge is 0.293 e. The molecule has 0 unspecified atom stereocenters. The van der Waals surface area contributed by atoms with Gasteiger partial charge in [0.1, 0.15) is 10.4 Å².